The van der Waals surface area contributed by atoms with Crippen molar-refractivity contribution >= 4 is 0 Å². The van der Waals surface area contributed by atoms with Gasteiger partial charge in [-0.2, -0.15) is 0 Å². The second kappa shape index (κ2) is 4.66. The van der Waals surface area contributed by atoms with Gasteiger partial charge in [0, 0.05) is 12.6 Å². The van der Waals surface area contributed by atoms with Gasteiger partial charge in [0.2, 0.25) is 0 Å². The smallest absolute Gasteiger partial charge is 0.0746 e. The second-order valence-electron chi connectivity index (χ2n) is 6.48. The summed E-state index contributed by atoms with van der Waals surface area (Å²) in [6.45, 7) is 9.05. The van der Waals surface area contributed by atoms with E-state index in [0.717, 1.165) is 12.5 Å². The van der Waals surface area contributed by atoms with Crippen molar-refractivity contribution in [3.63, 3.8) is 0 Å². The topological polar surface area (TPSA) is 23.5 Å². The zero-order valence-electron chi connectivity index (χ0n) is 11.1. The predicted octanol–water partition coefficient (Wildman–Crippen LogP) is 2.66. The number of hydrogen-bond acceptors (Lipinski definition) is 2. The van der Waals surface area contributed by atoms with Gasteiger partial charge in [0.05, 0.1) is 6.10 Å². The van der Waals surface area contributed by atoms with Gasteiger partial charge >= 0.3 is 0 Å². The zero-order valence-corrected chi connectivity index (χ0v) is 11.1. The van der Waals surface area contributed by atoms with Crippen molar-refractivity contribution in [1.29, 1.82) is 0 Å². The summed E-state index contributed by atoms with van der Waals surface area (Å²) in [5.41, 5.74) is 0.125. The lowest BCUT2D eigenvalue weighted by atomic mass is 9.88. The van der Waals surface area contributed by atoms with Gasteiger partial charge in [0.15, 0.2) is 0 Å². The number of aliphatic hydroxyl groups excluding tert-OH is 1. The van der Waals surface area contributed by atoms with Gasteiger partial charge in [0.25, 0.3) is 0 Å². The van der Waals surface area contributed by atoms with Crippen LogP contribution < -0.4 is 0 Å². The van der Waals surface area contributed by atoms with Gasteiger partial charge in [-0.05, 0) is 50.0 Å². The average Bonchev–Trinajstić information content (AvgIpc) is 2.97. The first-order chi connectivity index (χ1) is 7.54. The van der Waals surface area contributed by atoms with Gasteiger partial charge < -0.3 is 5.11 Å². The Labute approximate surface area is 100 Å². The van der Waals surface area contributed by atoms with Crippen LogP contribution in [-0.2, 0) is 0 Å². The van der Waals surface area contributed by atoms with E-state index in [-0.39, 0.29) is 11.5 Å². The normalized spacial score (nSPS) is 33.6. The van der Waals surface area contributed by atoms with Gasteiger partial charge in [-0.15, -0.1) is 0 Å². The summed E-state index contributed by atoms with van der Waals surface area (Å²) < 4.78 is 0. The quantitative estimate of drug-likeness (QED) is 0.777. The fraction of sp³-hybridized carbons (Fsp3) is 1.00. The molecule has 2 heteroatoms. The fourth-order valence-corrected chi connectivity index (χ4v) is 3.04. The molecule has 0 spiro atoms. The molecule has 0 aromatic rings. The van der Waals surface area contributed by atoms with Crippen molar-refractivity contribution in [3.8, 4) is 0 Å². The summed E-state index contributed by atoms with van der Waals surface area (Å²) in [5, 5.41) is 10.4. The summed E-state index contributed by atoms with van der Waals surface area (Å²) in [6.07, 6.45) is 6.25. The maximum absolute atomic E-state index is 10.4. The largest absolute Gasteiger partial charge is 0.391 e. The molecule has 2 rings (SSSR count). The lowest BCUT2D eigenvalue weighted by Crippen LogP contribution is -2.45. The van der Waals surface area contributed by atoms with E-state index in [1.54, 1.807) is 0 Å². The first-order valence-corrected chi connectivity index (χ1v) is 6.96. The Hall–Kier alpha value is -0.0800. The van der Waals surface area contributed by atoms with Crippen LogP contribution in [0.4, 0.5) is 0 Å². The molecule has 2 saturated carbocycles. The highest BCUT2D eigenvalue weighted by Gasteiger charge is 2.43. The molecule has 2 unspecified atom stereocenters. The Balaban J connectivity index is 1.96. The highest BCUT2D eigenvalue weighted by Crippen LogP contribution is 2.41. The van der Waals surface area contributed by atoms with Crippen molar-refractivity contribution < 1.29 is 5.11 Å². The van der Waals surface area contributed by atoms with E-state index in [2.05, 4.69) is 25.7 Å². The lowest BCUT2D eigenvalue weighted by Gasteiger charge is -2.34. The van der Waals surface area contributed by atoms with Gasteiger partial charge in [-0.3, -0.25) is 4.90 Å². The fourth-order valence-electron chi connectivity index (χ4n) is 3.04. The molecule has 0 aliphatic heterocycles. The van der Waals surface area contributed by atoms with Crippen LogP contribution in [0.5, 0.6) is 0 Å². The molecule has 0 saturated heterocycles. The monoisotopic (exact) mass is 225 g/mol. The molecule has 94 valence electrons. The van der Waals surface area contributed by atoms with Crippen molar-refractivity contribution in [1.82, 2.24) is 4.90 Å². The van der Waals surface area contributed by atoms with Crippen LogP contribution >= 0.6 is 0 Å². The Bertz CT molecular complexity index is 235. The van der Waals surface area contributed by atoms with Crippen LogP contribution in [0.15, 0.2) is 0 Å². The minimum Gasteiger partial charge on any atom is -0.391 e. The maximum atomic E-state index is 10.4. The predicted molar refractivity (Wildman–Crippen MR) is 67.4 cm³/mol. The summed E-state index contributed by atoms with van der Waals surface area (Å²) in [5.74, 6) is 0.933. The Morgan fingerprint density at radius 1 is 1.25 bits per heavy atom. The van der Waals surface area contributed by atoms with E-state index < -0.39 is 0 Å². The van der Waals surface area contributed by atoms with Crippen LogP contribution in [0, 0.1) is 11.3 Å². The highest BCUT2D eigenvalue weighted by atomic mass is 16.3. The molecule has 2 aliphatic carbocycles. The summed E-state index contributed by atoms with van der Waals surface area (Å²) in [4.78, 5) is 2.57. The molecular formula is C14H27NO. The molecule has 0 aromatic carbocycles. The minimum absolute atomic E-state index is 0.125. The first kappa shape index (κ1) is 12.4. The Morgan fingerprint density at radius 3 is 2.38 bits per heavy atom. The van der Waals surface area contributed by atoms with E-state index in [1.807, 2.05) is 0 Å². The lowest BCUT2D eigenvalue weighted by molar-refractivity contribution is 0.0129. The molecule has 2 nitrogen and oxygen atoms in total. The molecule has 1 N–H and O–H groups in total. The van der Waals surface area contributed by atoms with Crippen molar-refractivity contribution in [3.05, 3.63) is 0 Å². The molecule has 0 aromatic heterocycles. The third kappa shape index (κ3) is 2.60. The van der Waals surface area contributed by atoms with Crippen molar-refractivity contribution in [2.45, 2.75) is 65.0 Å². The van der Waals surface area contributed by atoms with Crippen LogP contribution in [-0.4, -0.2) is 35.2 Å². The molecule has 0 heterocycles. The number of aliphatic hydroxyl groups is 1. The van der Waals surface area contributed by atoms with Crippen LogP contribution in [0.3, 0.4) is 0 Å². The molecular weight excluding hydrogens is 198 g/mol. The summed E-state index contributed by atoms with van der Waals surface area (Å²) in [6, 6.07) is 0.426. The first-order valence-electron chi connectivity index (χ1n) is 6.96. The van der Waals surface area contributed by atoms with Gasteiger partial charge in [0.1, 0.15) is 0 Å². The molecule has 2 aliphatic rings. The average molecular weight is 225 g/mol. The van der Waals surface area contributed by atoms with Crippen LogP contribution in [0.1, 0.15) is 52.9 Å². The van der Waals surface area contributed by atoms with Crippen LogP contribution in [0.25, 0.3) is 0 Å². The Kier molecular flexibility index (Phi) is 3.60. The van der Waals surface area contributed by atoms with E-state index >= 15 is 0 Å². The zero-order chi connectivity index (χ0) is 11.8. The minimum atomic E-state index is -0.127. The third-order valence-corrected chi connectivity index (χ3v) is 4.42. The molecule has 16 heavy (non-hydrogen) atoms. The molecule has 0 bridgehead atoms. The molecule has 0 radical (unpaired) electrons. The summed E-state index contributed by atoms with van der Waals surface area (Å²) >= 11 is 0. The molecule has 2 fully saturated rings. The SMILES string of the molecule is CCCN(CC1CC1)C1CCC(C)(C)C1O. The highest BCUT2D eigenvalue weighted by molar-refractivity contribution is 4.97. The van der Waals surface area contributed by atoms with Gasteiger partial charge in [-0.1, -0.05) is 20.8 Å². The van der Waals surface area contributed by atoms with E-state index in [0.29, 0.717) is 6.04 Å². The molecule has 2 atom stereocenters. The number of rotatable bonds is 5. The maximum Gasteiger partial charge on any atom is 0.0746 e. The third-order valence-electron chi connectivity index (χ3n) is 4.42. The Morgan fingerprint density at radius 2 is 1.94 bits per heavy atom. The number of nitrogens with zero attached hydrogens (tertiary/aromatic N) is 1. The summed E-state index contributed by atoms with van der Waals surface area (Å²) in [7, 11) is 0. The van der Waals surface area contributed by atoms with E-state index in [1.165, 1.54) is 38.6 Å². The van der Waals surface area contributed by atoms with Crippen LogP contribution in [0.2, 0.25) is 0 Å². The van der Waals surface area contributed by atoms with E-state index in [9.17, 15) is 5.11 Å². The van der Waals surface area contributed by atoms with Crippen molar-refractivity contribution in [2.75, 3.05) is 13.1 Å². The van der Waals surface area contributed by atoms with Gasteiger partial charge in [-0.25, -0.2) is 0 Å². The van der Waals surface area contributed by atoms with E-state index in [4.69, 9.17) is 0 Å². The number of hydrogen-bond donors (Lipinski definition) is 1. The standard InChI is InChI=1S/C14H27NO/c1-4-9-15(10-11-5-6-11)12-7-8-14(2,3)13(12)16/h11-13,16H,4-10H2,1-3H3. The second-order valence-corrected chi connectivity index (χ2v) is 6.48. The molecule has 0 amide bonds. The van der Waals surface area contributed by atoms with Crippen molar-refractivity contribution in [2.24, 2.45) is 11.3 Å².